The molecular formula is C13H19NOS. The van der Waals surface area contributed by atoms with Gasteiger partial charge in [0.15, 0.2) is 0 Å². The topological polar surface area (TPSA) is 12.5 Å². The number of benzene rings is 1. The molecule has 0 bridgehead atoms. The third kappa shape index (κ3) is 4.29. The smallest absolute Gasteiger partial charge is 0.119 e. The maximum absolute atomic E-state index is 5.19. The van der Waals surface area contributed by atoms with Crippen molar-refractivity contribution in [2.45, 2.75) is 6.54 Å². The predicted octanol–water partition coefficient (Wildman–Crippen LogP) is 2.61. The Morgan fingerprint density at radius 1 is 1.50 bits per heavy atom. The molecule has 0 aliphatic carbocycles. The lowest BCUT2D eigenvalue weighted by Gasteiger charge is -2.17. The van der Waals surface area contributed by atoms with Crippen LogP contribution in [0.4, 0.5) is 0 Å². The summed E-state index contributed by atoms with van der Waals surface area (Å²) in [4.78, 5) is 2.22. The third-order valence-electron chi connectivity index (χ3n) is 2.30. The van der Waals surface area contributed by atoms with Crippen molar-refractivity contribution >= 4 is 12.6 Å². The van der Waals surface area contributed by atoms with Crippen LogP contribution >= 0.6 is 12.6 Å². The molecule has 2 nitrogen and oxygen atoms in total. The van der Waals surface area contributed by atoms with E-state index in [-0.39, 0.29) is 0 Å². The van der Waals surface area contributed by atoms with Crippen molar-refractivity contribution in [2.24, 2.45) is 0 Å². The van der Waals surface area contributed by atoms with E-state index in [4.69, 9.17) is 4.74 Å². The van der Waals surface area contributed by atoms with Crippen LogP contribution in [0.15, 0.2) is 36.4 Å². The highest BCUT2D eigenvalue weighted by Crippen LogP contribution is 2.14. The molecule has 0 aliphatic heterocycles. The van der Waals surface area contributed by atoms with Crippen molar-refractivity contribution in [2.75, 3.05) is 26.5 Å². The molecule has 0 atom stereocenters. The Bertz CT molecular complexity index is 352. The molecule has 0 heterocycles. The molecule has 16 heavy (non-hydrogen) atoms. The lowest BCUT2D eigenvalue weighted by Crippen LogP contribution is -2.20. The van der Waals surface area contributed by atoms with Gasteiger partial charge in [-0.15, -0.1) is 0 Å². The van der Waals surface area contributed by atoms with E-state index in [2.05, 4.69) is 43.3 Å². The minimum Gasteiger partial charge on any atom is -0.497 e. The van der Waals surface area contributed by atoms with Gasteiger partial charge in [-0.1, -0.05) is 24.3 Å². The van der Waals surface area contributed by atoms with Gasteiger partial charge in [0.05, 0.1) is 7.11 Å². The van der Waals surface area contributed by atoms with Crippen LogP contribution in [0.3, 0.4) is 0 Å². The van der Waals surface area contributed by atoms with E-state index >= 15 is 0 Å². The molecule has 0 amide bonds. The van der Waals surface area contributed by atoms with Gasteiger partial charge in [0.2, 0.25) is 0 Å². The average Bonchev–Trinajstić information content (AvgIpc) is 2.28. The number of thiol groups is 1. The first-order chi connectivity index (χ1) is 7.65. The second kappa shape index (κ2) is 6.61. The van der Waals surface area contributed by atoms with Gasteiger partial charge in [0.1, 0.15) is 5.75 Å². The Balaban J connectivity index is 2.55. The van der Waals surface area contributed by atoms with Gasteiger partial charge in [-0.05, 0) is 24.7 Å². The molecule has 0 fully saturated rings. The standard InChI is InChI=1S/C13H19NOS/c1-11(10-16)8-14(2)9-12-5-4-6-13(7-12)15-3/h4-7,16H,1,8-10H2,2-3H3. The monoisotopic (exact) mass is 237 g/mol. The van der Waals surface area contributed by atoms with E-state index < -0.39 is 0 Å². The summed E-state index contributed by atoms with van der Waals surface area (Å²) < 4.78 is 5.19. The van der Waals surface area contributed by atoms with Gasteiger partial charge < -0.3 is 4.74 Å². The molecule has 3 heteroatoms. The van der Waals surface area contributed by atoms with Crippen molar-refractivity contribution in [1.29, 1.82) is 0 Å². The number of hydrogen-bond acceptors (Lipinski definition) is 3. The van der Waals surface area contributed by atoms with E-state index in [1.807, 2.05) is 12.1 Å². The van der Waals surface area contributed by atoms with Crippen LogP contribution in [0.25, 0.3) is 0 Å². The van der Waals surface area contributed by atoms with Crippen LogP contribution in [0.2, 0.25) is 0 Å². The van der Waals surface area contributed by atoms with Gasteiger partial charge in [-0.2, -0.15) is 12.6 Å². The van der Waals surface area contributed by atoms with Crippen molar-refractivity contribution in [1.82, 2.24) is 4.90 Å². The molecule has 1 aromatic carbocycles. The molecule has 0 aromatic heterocycles. The van der Waals surface area contributed by atoms with Gasteiger partial charge in [-0.3, -0.25) is 4.90 Å². The first kappa shape index (κ1) is 13.1. The summed E-state index contributed by atoms with van der Waals surface area (Å²) in [5.74, 6) is 1.64. The maximum atomic E-state index is 5.19. The van der Waals surface area contributed by atoms with Crippen LogP contribution in [-0.4, -0.2) is 31.4 Å². The highest BCUT2D eigenvalue weighted by atomic mass is 32.1. The lowest BCUT2D eigenvalue weighted by atomic mass is 10.2. The largest absolute Gasteiger partial charge is 0.497 e. The molecule has 0 saturated heterocycles. The minimum absolute atomic E-state index is 0.739. The number of methoxy groups -OCH3 is 1. The summed E-state index contributed by atoms with van der Waals surface area (Å²) in [6.45, 7) is 5.71. The van der Waals surface area contributed by atoms with Crippen LogP contribution in [0.1, 0.15) is 5.56 Å². The molecule has 0 spiro atoms. The fourth-order valence-corrected chi connectivity index (χ4v) is 1.67. The highest BCUT2D eigenvalue weighted by Gasteiger charge is 2.02. The second-order valence-corrected chi connectivity index (χ2v) is 4.25. The first-order valence-corrected chi connectivity index (χ1v) is 5.88. The molecular weight excluding hydrogens is 218 g/mol. The van der Waals surface area contributed by atoms with Crippen LogP contribution < -0.4 is 4.74 Å². The zero-order valence-corrected chi connectivity index (χ0v) is 10.8. The second-order valence-electron chi connectivity index (χ2n) is 3.93. The number of ether oxygens (including phenoxy) is 1. The van der Waals surface area contributed by atoms with E-state index in [1.54, 1.807) is 7.11 Å². The Morgan fingerprint density at radius 3 is 2.88 bits per heavy atom. The van der Waals surface area contributed by atoms with Crippen LogP contribution in [-0.2, 0) is 6.54 Å². The molecule has 1 rings (SSSR count). The number of likely N-dealkylation sites (N-methyl/N-ethyl adjacent to an activating group) is 1. The zero-order valence-electron chi connectivity index (χ0n) is 9.94. The SMILES string of the molecule is C=C(CS)CN(C)Cc1cccc(OC)c1. The van der Waals surface area contributed by atoms with E-state index in [9.17, 15) is 0 Å². The quantitative estimate of drug-likeness (QED) is 0.603. The summed E-state index contributed by atoms with van der Waals surface area (Å²) in [5, 5.41) is 0. The van der Waals surface area contributed by atoms with Crippen molar-refractivity contribution in [3.8, 4) is 5.75 Å². The molecule has 0 radical (unpaired) electrons. The maximum Gasteiger partial charge on any atom is 0.119 e. The average molecular weight is 237 g/mol. The Kier molecular flexibility index (Phi) is 5.43. The molecule has 88 valence electrons. The fraction of sp³-hybridized carbons (Fsp3) is 0.385. The summed E-state index contributed by atoms with van der Waals surface area (Å²) >= 11 is 4.20. The Labute approximate surface area is 103 Å². The molecule has 0 saturated carbocycles. The van der Waals surface area contributed by atoms with E-state index in [1.165, 1.54) is 5.56 Å². The first-order valence-electron chi connectivity index (χ1n) is 5.24. The summed E-state index contributed by atoms with van der Waals surface area (Å²) in [7, 11) is 3.76. The van der Waals surface area contributed by atoms with Gasteiger partial charge >= 0.3 is 0 Å². The van der Waals surface area contributed by atoms with Crippen LogP contribution in [0, 0.1) is 0 Å². The molecule has 0 unspecified atom stereocenters. The normalized spacial score (nSPS) is 10.5. The lowest BCUT2D eigenvalue weighted by molar-refractivity contribution is 0.354. The highest BCUT2D eigenvalue weighted by molar-refractivity contribution is 7.80. The Hall–Kier alpha value is -0.930. The van der Waals surface area contributed by atoms with Gasteiger partial charge in [-0.25, -0.2) is 0 Å². The van der Waals surface area contributed by atoms with Gasteiger partial charge in [0.25, 0.3) is 0 Å². The summed E-state index contributed by atoms with van der Waals surface area (Å²) in [5.41, 5.74) is 2.38. The van der Waals surface area contributed by atoms with Crippen molar-refractivity contribution < 1.29 is 4.74 Å². The minimum atomic E-state index is 0.739. The van der Waals surface area contributed by atoms with Crippen molar-refractivity contribution in [3.63, 3.8) is 0 Å². The van der Waals surface area contributed by atoms with E-state index in [0.717, 1.165) is 30.2 Å². The summed E-state index contributed by atoms with van der Waals surface area (Å²) in [6.07, 6.45) is 0. The van der Waals surface area contributed by atoms with E-state index in [0.29, 0.717) is 0 Å². The zero-order chi connectivity index (χ0) is 12.0. The van der Waals surface area contributed by atoms with Crippen LogP contribution in [0.5, 0.6) is 5.75 Å². The third-order valence-corrected chi connectivity index (χ3v) is 2.75. The molecule has 0 N–H and O–H groups in total. The Morgan fingerprint density at radius 2 is 2.25 bits per heavy atom. The number of rotatable bonds is 6. The molecule has 0 aliphatic rings. The number of nitrogens with zero attached hydrogens (tertiary/aromatic N) is 1. The van der Waals surface area contributed by atoms with Gasteiger partial charge in [0, 0.05) is 18.8 Å². The fourth-order valence-electron chi connectivity index (χ4n) is 1.57. The van der Waals surface area contributed by atoms with Crippen molar-refractivity contribution in [3.05, 3.63) is 42.0 Å². The molecule has 1 aromatic rings. The summed E-state index contributed by atoms with van der Waals surface area (Å²) in [6, 6.07) is 8.12. The number of hydrogen-bond donors (Lipinski definition) is 1. The predicted molar refractivity (Wildman–Crippen MR) is 72.3 cm³/mol.